The molecule has 0 aliphatic heterocycles. The first-order chi connectivity index (χ1) is 4.18. The van der Waals surface area contributed by atoms with Crippen LogP contribution in [0.3, 0.4) is 0 Å². The third kappa shape index (κ3) is 4.30. The van der Waals surface area contributed by atoms with Crippen LogP contribution in [0.25, 0.3) is 0 Å². The van der Waals surface area contributed by atoms with E-state index in [1.54, 1.807) is 0 Å². The van der Waals surface area contributed by atoms with Crippen molar-refractivity contribution in [1.82, 2.24) is 0 Å². The highest BCUT2D eigenvalue weighted by molar-refractivity contribution is 7.99. The van der Waals surface area contributed by atoms with Gasteiger partial charge < -0.3 is 0 Å². The molecule has 0 heterocycles. The van der Waals surface area contributed by atoms with E-state index < -0.39 is 0 Å². The molecule has 0 radical (unpaired) electrons. The Hall–Kier alpha value is -0.210. The highest BCUT2D eigenvalue weighted by atomic mass is 32.2. The van der Waals surface area contributed by atoms with E-state index in [4.69, 9.17) is 5.14 Å². The van der Waals surface area contributed by atoms with Gasteiger partial charge >= 0.3 is 0 Å². The fourth-order valence-electron chi connectivity index (χ4n) is 0.308. The van der Waals surface area contributed by atoms with Gasteiger partial charge in [0.15, 0.2) is 0 Å². The van der Waals surface area contributed by atoms with E-state index in [0.717, 1.165) is 0 Å². The molecule has 2 heteroatoms. The Morgan fingerprint density at radius 1 is 1.33 bits per heavy atom. The maximum Gasteiger partial charge on any atom is -0.0136 e. The number of hydrogen-bond acceptors (Lipinski definition) is 2. The Kier molecular flexibility index (Phi) is 4.54. The quantitative estimate of drug-likeness (QED) is 0.474. The normalized spacial score (nSPS) is 10.2. The van der Waals surface area contributed by atoms with Crippen LogP contribution in [0.2, 0.25) is 0 Å². The largest absolute Gasteiger partial charge is 0.274 e. The van der Waals surface area contributed by atoms with Gasteiger partial charge in [-0.1, -0.05) is 29.2 Å². The molecule has 0 fully saturated rings. The molecule has 0 aliphatic rings. The van der Waals surface area contributed by atoms with Gasteiger partial charge in [-0.3, -0.25) is 5.14 Å². The summed E-state index contributed by atoms with van der Waals surface area (Å²) in [7, 11) is 0. The highest BCUT2D eigenvalue weighted by Crippen LogP contribution is 2.04. The maximum atomic E-state index is 5.18. The number of hydrogen-bond donors (Lipinski definition) is 1. The predicted octanol–water partition coefficient (Wildman–Crippen LogP) is 2.46. The minimum absolute atomic E-state index is 1.23. The highest BCUT2D eigenvalue weighted by Gasteiger charge is 1.82. The fourth-order valence-corrected chi connectivity index (χ4v) is 0.591. The Labute approximate surface area is 61.1 Å². The second-order valence-electron chi connectivity index (χ2n) is 2.12. The third-order valence-electron chi connectivity index (χ3n) is 1.19. The third-order valence-corrected chi connectivity index (χ3v) is 1.48. The molecule has 0 unspecified atom stereocenters. The second kappa shape index (κ2) is 4.65. The summed E-state index contributed by atoms with van der Waals surface area (Å²) in [5, 5.41) is 7.06. The molecular formula is C7H13NS. The topological polar surface area (TPSA) is 26.0 Å². The first kappa shape index (κ1) is 8.79. The minimum atomic E-state index is 1.23. The van der Waals surface area contributed by atoms with E-state index in [-0.39, 0.29) is 0 Å². The predicted molar refractivity (Wildman–Crippen MR) is 45.0 cm³/mol. The van der Waals surface area contributed by atoms with Crippen LogP contribution in [0.1, 0.15) is 20.8 Å². The molecule has 0 aromatic carbocycles. The van der Waals surface area contributed by atoms with Crippen LogP contribution in [0.15, 0.2) is 22.6 Å². The zero-order valence-corrected chi connectivity index (χ0v) is 6.96. The van der Waals surface area contributed by atoms with Crippen LogP contribution >= 0.6 is 11.9 Å². The molecule has 52 valence electrons. The zero-order valence-electron chi connectivity index (χ0n) is 6.14. The number of rotatable bonds is 2. The average Bonchev–Trinajstić information content (AvgIpc) is 1.82. The van der Waals surface area contributed by atoms with Crippen LogP contribution in [0, 0.1) is 0 Å². The fraction of sp³-hybridized carbons (Fsp3) is 0.429. The molecule has 0 aromatic heterocycles. The van der Waals surface area contributed by atoms with Crippen molar-refractivity contribution in [2.75, 3.05) is 0 Å². The van der Waals surface area contributed by atoms with E-state index in [0.29, 0.717) is 0 Å². The van der Waals surface area contributed by atoms with Gasteiger partial charge in [0.2, 0.25) is 0 Å². The van der Waals surface area contributed by atoms with Crippen molar-refractivity contribution in [1.29, 1.82) is 0 Å². The van der Waals surface area contributed by atoms with Gasteiger partial charge in [-0.2, -0.15) is 0 Å². The van der Waals surface area contributed by atoms with E-state index >= 15 is 0 Å². The van der Waals surface area contributed by atoms with E-state index in [1.807, 2.05) is 11.5 Å². The Morgan fingerprint density at radius 2 is 1.89 bits per heavy atom. The van der Waals surface area contributed by atoms with Crippen molar-refractivity contribution in [2.24, 2.45) is 5.14 Å². The summed E-state index contributed by atoms with van der Waals surface area (Å²) in [5.41, 5.74) is 2.62. The lowest BCUT2D eigenvalue weighted by Crippen LogP contribution is -1.74. The molecule has 0 saturated heterocycles. The monoisotopic (exact) mass is 143 g/mol. The molecule has 0 bridgehead atoms. The summed E-state index contributed by atoms with van der Waals surface area (Å²) in [6.45, 7) is 6.24. The zero-order chi connectivity index (χ0) is 7.28. The van der Waals surface area contributed by atoms with Crippen LogP contribution in [0.5, 0.6) is 0 Å². The molecule has 0 spiro atoms. The van der Waals surface area contributed by atoms with E-state index in [9.17, 15) is 0 Å². The van der Waals surface area contributed by atoms with Crippen LogP contribution in [-0.4, -0.2) is 0 Å². The second-order valence-corrected chi connectivity index (χ2v) is 2.67. The average molecular weight is 143 g/mol. The van der Waals surface area contributed by atoms with Crippen molar-refractivity contribution in [3.8, 4) is 0 Å². The van der Waals surface area contributed by atoms with Gasteiger partial charge in [-0.05, 0) is 26.2 Å². The Balaban J connectivity index is 3.91. The standard InChI is InChI=1S/C7H13NS/c1-6(2)7(3)4-5-9-8/h4-5H,8H2,1-3H3/b5-4-. The molecule has 2 N–H and O–H groups in total. The summed E-state index contributed by atoms with van der Waals surface area (Å²) in [6, 6.07) is 0. The Bertz CT molecular complexity index is 132. The van der Waals surface area contributed by atoms with Crippen molar-refractivity contribution in [3.63, 3.8) is 0 Å². The molecule has 0 atom stereocenters. The van der Waals surface area contributed by atoms with Crippen molar-refractivity contribution < 1.29 is 0 Å². The molecule has 0 rings (SSSR count). The summed E-state index contributed by atoms with van der Waals surface area (Å²) in [4.78, 5) is 0. The SMILES string of the molecule is CC(C)=C(C)/C=C\SN. The van der Waals surface area contributed by atoms with Gasteiger partial charge in [0, 0.05) is 0 Å². The van der Waals surface area contributed by atoms with Crippen LogP contribution in [0.4, 0.5) is 0 Å². The summed E-state index contributed by atoms with van der Waals surface area (Å²) >= 11 is 1.23. The number of allylic oxidation sites excluding steroid dienone is 3. The Morgan fingerprint density at radius 3 is 2.22 bits per heavy atom. The summed E-state index contributed by atoms with van der Waals surface area (Å²) in [6.07, 6.45) is 2.01. The van der Waals surface area contributed by atoms with Gasteiger partial charge in [-0.15, -0.1) is 0 Å². The van der Waals surface area contributed by atoms with Crippen molar-refractivity contribution >= 4 is 11.9 Å². The van der Waals surface area contributed by atoms with Crippen molar-refractivity contribution in [2.45, 2.75) is 20.8 Å². The molecular weight excluding hydrogens is 130 g/mol. The maximum absolute atomic E-state index is 5.18. The lowest BCUT2D eigenvalue weighted by Gasteiger charge is -1.92. The molecule has 0 aliphatic carbocycles. The first-order valence-corrected chi connectivity index (χ1v) is 3.79. The van der Waals surface area contributed by atoms with Gasteiger partial charge in [0.1, 0.15) is 0 Å². The summed E-state index contributed by atoms with van der Waals surface area (Å²) < 4.78 is 0. The van der Waals surface area contributed by atoms with Gasteiger partial charge in [-0.25, -0.2) is 0 Å². The smallest absolute Gasteiger partial charge is 0.0136 e. The molecule has 0 saturated carbocycles. The lowest BCUT2D eigenvalue weighted by atomic mass is 10.2. The molecule has 0 amide bonds. The van der Waals surface area contributed by atoms with E-state index in [2.05, 4.69) is 20.8 Å². The molecule has 9 heavy (non-hydrogen) atoms. The van der Waals surface area contributed by atoms with Crippen LogP contribution in [-0.2, 0) is 0 Å². The lowest BCUT2D eigenvalue weighted by molar-refractivity contribution is 1.29. The van der Waals surface area contributed by atoms with Crippen molar-refractivity contribution in [3.05, 3.63) is 22.6 Å². The molecule has 1 nitrogen and oxygen atoms in total. The van der Waals surface area contributed by atoms with Gasteiger partial charge in [0.05, 0.1) is 0 Å². The van der Waals surface area contributed by atoms with Gasteiger partial charge in [0.25, 0.3) is 0 Å². The van der Waals surface area contributed by atoms with E-state index in [1.165, 1.54) is 23.1 Å². The number of nitrogens with two attached hydrogens (primary N) is 1. The summed E-state index contributed by atoms with van der Waals surface area (Å²) in [5.74, 6) is 0. The molecule has 0 aromatic rings. The first-order valence-electron chi connectivity index (χ1n) is 2.84. The van der Waals surface area contributed by atoms with Crippen LogP contribution < -0.4 is 5.14 Å². The minimum Gasteiger partial charge on any atom is -0.274 e.